The predicted molar refractivity (Wildman–Crippen MR) is 129 cm³/mol. The maximum absolute atomic E-state index is 14.1. The first-order valence-corrected chi connectivity index (χ1v) is 11.6. The molecule has 9 nitrogen and oxygen atoms in total. The molecule has 1 atom stereocenters. The number of nitrogens with zero attached hydrogens (tertiary/aromatic N) is 6. The third-order valence-corrected chi connectivity index (χ3v) is 6.21. The Morgan fingerprint density at radius 1 is 1.26 bits per heavy atom. The summed E-state index contributed by atoms with van der Waals surface area (Å²) in [6.07, 6.45) is 4.96. The van der Waals surface area contributed by atoms with Crippen molar-refractivity contribution in [2.45, 2.75) is 19.5 Å². The minimum absolute atomic E-state index is 0.106. The number of hydrogen-bond donors (Lipinski definition) is 2. The van der Waals surface area contributed by atoms with Crippen molar-refractivity contribution in [2.24, 2.45) is 0 Å². The van der Waals surface area contributed by atoms with E-state index in [0.717, 1.165) is 15.6 Å². The maximum atomic E-state index is 14.1. The summed E-state index contributed by atoms with van der Waals surface area (Å²) in [5.41, 5.74) is 2.46. The third-order valence-electron chi connectivity index (χ3n) is 5.74. The van der Waals surface area contributed by atoms with Gasteiger partial charge in [0.05, 0.1) is 23.3 Å². The number of carbonyl (C=O) groups excluding carboxylic acids is 1. The standard InChI is InChI=1S/C23H22BrFN8O/c1-14-2-5-17(8-19(14)25)33-11-18-21(31-33)29-13-30-22(18)32-7-6-26-20(12-32)23(34)28-10-16-4-3-15(24)9-27-16/h2-5,8-9,11,13,20,26H,6-7,10,12H2,1H3,(H,28,34). The Labute approximate surface area is 203 Å². The first-order chi connectivity index (χ1) is 16.5. The van der Waals surface area contributed by atoms with Crippen LogP contribution in [0.5, 0.6) is 0 Å². The van der Waals surface area contributed by atoms with E-state index >= 15 is 0 Å². The lowest BCUT2D eigenvalue weighted by atomic mass is 10.2. The van der Waals surface area contributed by atoms with E-state index in [1.807, 2.05) is 23.1 Å². The molecule has 1 amide bonds. The summed E-state index contributed by atoms with van der Waals surface area (Å²) in [6.45, 7) is 3.80. The van der Waals surface area contributed by atoms with Crippen LogP contribution in [0.15, 0.2) is 53.5 Å². The Morgan fingerprint density at radius 2 is 2.15 bits per heavy atom. The second-order valence-corrected chi connectivity index (χ2v) is 9.00. The van der Waals surface area contributed by atoms with Crippen molar-refractivity contribution in [1.29, 1.82) is 0 Å². The number of aryl methyl sites for hydroxylation is 1. The van der Waals surface area contributed by atoms with Crippen molar-refractivity contribution < 1.29 is 9.18 Å². The van der Waals surface area contributed by atoms with Gasteiger partial charge in [0, 0.05) is 36.5 Å². The zero-order valence-corrected chi connectivity index (χ0v) is 20.0. The summed E-state index contributed by atoms with van der Waals surface area (Å²) in [5.74, 6) is 0.293. The molecule has 1 aliphatic rings. The van der Waals surface area contributed by atoms with E-state index in [2.05, 4.69) is 46.6 Å². The normalized spacial score (nSPS) is 16.1. The Balaban J connectivity index is 1.33. The molecule has 5 rings (SSSR count). The van der Waals surface area contributed by atoms with E-state index in [0.29, 0.717) is 48.9 Å². The van der Waals surface area contributed by atoms with Gasteiger partial charge in [-0.3, -0.25) is 9.78 Å². The van der Waals surface area contributed by atoms with Crippen LogP contribution in [0.25, 0.3) is 16.7 Å². The molecule has 3 aromatic heterocycles. The lowest BCUT2D eigenvalue weighted by molar-refractivity contribution is -0.123. The molecule has 34 heavy (non-hydrogen) atoms. The fourth-order valence-corrected chi connectivity index (χ4v) is 4.10. The highest BCUT2D eigenvalue weighted by Gasteiger charge is 2.27. The van der Waals surface area contributed by atoms with Crippen LogP contribution in [0.3, 0.4) is 0 Å². The highest BCUT2D eigenvalue weighted by atomic mass is 79.9. The van der Waals surface area contributed by atoms with Crippen LogP contribution in [-0.2, 0) is 11.3 Å². The number of benzene rings is 1. The smallest absolute Gasteiger partial charge is 0.239 e. The third kappa shape index (κ3) is 4.62. The molecule has 4 heterocycles. The molecule has 1 unspecified atom stereocenters. The van der Waals surface area contributed by atoms with Crippen molar-refractivity contribution in [2.75, 3.05) is 24.5 Å². The molecular weight excluding hydrogens is 503 g/mol. The first-order valence-electron chi connectivity index (χ1n) is 10.8. The van der Waals surface area contributed by atoms with Gasteiger partial charge in [-0.2, -0.15) is 0 Å². The van der Waals surface area contributed by atoms with Gasteiger partial charge in [0.15, 0.2) is 5.65 Å². The number of amides is 1. The van der Waals surface area contributed by atoms with Crippen molar-refractivity contribution in [3.8, 4) is 5.69 Å². The van der Waals surface area contributed by atoms with Gasteiger partial charge in [-0.25, -0.2) is 19.0 Å². The fourth-order valence-electron chi connectivity index (χ4n) is 3.86. The van der Waals surface area contributed by atoms with E-state index in [9.17, 15) is 9.18 Å². The largest absolute Gasteiger partial charge is 0.353 e. The summed E-state index contributed by atoms with van der Waals surface area (Å²) in [5, 5.41) is 11.4. The highest BCUT2D eigenvalue weighted by molar-refractivity contribution is 9.10. The molecule has 0 bridgehead atoms. The minimum Gasteiger partial charge on any atom is -0.353 e. The van der Waals surface area contributed by atoms with Crippen LogP contribution in [0, 0.1) is 12.7 Å². The zero-order valence-electron chi connectivity index (χ0n) is 18.4. The van der Waals surface area contributed by atoms with Crippen molar-refractivity contribution in [3.05, 3.63) is 70.6 Å². The molecular formula is C23H22BrFN8O. The number of hydrogen-bond acceptors (Lipinski definition) is 7. The Kier molecular flexibility index (Phi) is 6.20. The zero-order chi connectivity index (χ0) is 23.7. The van der Waals surface area contributed by atoms with E-state index < -0.39 is 6.04 Å². The average Bonchev–Trinajstić information content (AvgIpc) is 3.30. The quantitative estimate of drug-likeness (QED) is 0.413. The number of pyridine rings is 1. The van der Waals surface area contributed by atoms with Gasteiger partial charge in [-0.15, -0.1) is 5.10 Å². The monoisotopic (exact) mass is 524 g/mol. The van der Waals surface area contributed by atoms with Crippen LogP contribution >= 0.6 is 15.9 Å². The summed E-state index contributed by atoms with van der Waals surface area (Å²) in [7, 11) is 0. The number of piperazine rings is 1. The number of fused-ring (bicyclic) bond motifs is 1. The van der Waals surface area contributed by atoms with Crippen molar-refractivity contribution >= 4 is 38.7 Å². The molecule has 11 heteroatoms. The van der Waals surface area contributed by atoms with E-state index in [1.54, 1.807) is 30.1 Å². The Hall–Kier alpha value is -3.44. The van der Waals surface area contributed by atoms with Gasteiger partial charge in [0.25, 0.3) is 0 Å². The number of nitrogens with one attached hydrogen (secondary N) is 2. The number of anilines is 1. The van der Waals surface area contributed by atoms with Crippen LogP contribution < -0.4 is 15.5 Å². The molecule has 2 N–H and O–H groups in total. The lowest BCUT2D eigenvalue weighted by Crippen LogP contribution is -2.57. The molecule has 0 radical (unpaired) electrons. The maximum Gasteiger partial charge on any atom is 0.239 e. The van der Waals surface area contributed by atoms with E-state index in [4.69, 9.17) is 0 Å². The summed E-state index contributed by atoms with van der Waals surface area (Å²) >= 11 is 3.36. The van der Waals surface area contributed by atoms with E-state index in [-0.39, 0.29) is 11.7 Å². The van der Waals surface area contributed by atoms with Crippen molar-refractivity contribution in [3.63, 3.8) is 0 Å². The molecule has 1 saturated heterocycles. The Morgan fingerprint density at radius 3 is 2.94 bits per heavy atom. The van der Waals surface area contributed by atoms with Crippen molar-refractivity contribution in [1.82, 2.24) is 35.4 Å². The molecule has 4 aromatic rings. The molecule has 1 aliphatic heterocycles. The van der Waals surface area contributed by atoms with Gasteiger partial charge >= 0.3 is 0 Å². The topological polar surface area (TPSA) is 101 Å². The molecule has 0 spiro atoms. The minimum atomic E-state index is -0.407. The second kappa shape index (κ2) is 9.43. The number of carbonyl (C=O) groups is 1. The van der Waals surface area contributed by atoms with E-state index in [1.165, 1.54) is 12.4 Å². The number of halogens is 2. The average molecular weight is 525 g/mol. The SMILES string of the molecule is Cc1ccc(-n2cc3c(N4CCNC(C(=O)NCc5ccc(Br)cn5)C4)ncnc3n2)cc1F. The highest BCUT2D eigenvalue weighted by Crippen LogP contribution is 2.25. The van der Waals surface area contributed by atoms with Gasteiger partial charge in [-0.05, 0) is 52.7 Å². The van der Waals surface area contributed by atoms with Crippen LogP contribution in [0.1, 0.15) is 11.3 Å². The van der Waals surface area contributed by atoms with Gasteiger partial charge in [0.1, 0.15) is 24.0 Å². The second-order valence-electron chi connectivity index (χ2n) is 8.08. The summed E-state index contributed by atoms with van der Waals surface area (Å²) in [4.78, 5) is 27.9. The van der Waals surface area contributed by atoms with Gasteiger partial charge < -0.3 is 15.5 Å². The molecule has 1 fully saturated rings. The summed E-state index contributed by atoms with van der Waals surface area (Å²) < 4.78 is 16.6. The van der Waals surface area contributed by atoms with Crippen LogP contribution in [0.2, 0.25) is 0 Å². The molecule has 0 aliphatic carbocycles. The number of aromatic nitrogens is 5. The van der Waals surface area contributed by atoms with Gasteiger partial charge in [-0.1, -0.05) is 6.07 Å². The van der Waals surface area contributed by atoms with Crippen LogP contribution in [-0.4, -0.2) is 56.3 Å². The van der Waals surface area contributed by atoms with Gasteiger partial charge in [0.2, 0.25) is 5.91 Å². The number of rotatable bonds is 5. The molecule has 174 valence electrons. The molecule has 0 saturated carbocycles. The predicted octanol–water partition coefficient (Wildman–Crippen LogP) is 2.52. The van der Waals surface area contributed by atoms with Crippen LogP contribution in [0.4, 0.5) is 10.2 Å². The fraction of sp³-hybridized carbons (Fsp3) is 0.261. The molecule has 1 aromatic carbocycles. The lowest BCUT2D eigenvalue weighted by Gasteiger charge is -2.33. The summed E-state index contributed by atoms with van der Waals surface area (Å²) in [6, 6.07) is 8.31. The Bertz CT molecular complexity index is 1340. The first kappa shape index (κ1) is 22.4.